The van der Waals surface area contributed by atoms with E-state index in [0.29, 0.717) is 0 Å². The fraction of sp³-hybridized carbons (Fsp3) is 0.667. The van der Waals surface area contributed by atoms with E-state index < -0.39 is 36.3 Å². The number of amides is 1. The van der Waals surface area contributed by atoms with E-state index in [1.807, 2.05) is 0 Å². The van der Waals surface area contributed by atoms with Gasteiger partial charge in [-0.15, -0.1) is 0 Å². The minimum Gasteiger partial charge on any atom is -0.478 e. The summed E-state index contributed by atoms with van der Waals surface area (Å²) in [5.74, 6) is -1.62. The number of halogens is 1. The van der Waals surface area contributed by atoms with Crippen LogP contribution < -0.4 is 5.32 Å². The second-order valence-corrected chi connectivity index (χ2v) is 5.29. The molecule has 0 fully saturated rings. The molecular formula is C12H18FNO4. The third-order valence-corrected chi connectivity index (χ3v) is 2.53. The van der Waals surface area contributed by atoms with Crippen molar-refractivity contribution in [2.24, 2.45) is 5.92 Å². The summed E-state index contributed by atoms with van der Waals surface area (Å²) in [7, 11) is 0. The van der Waals surface area contributed by atoms with Gasteiger partial charge in [0, 0.05) is 11.5 Å². The Balaban J connectivity index is 2.64. The smallest absolute Gasteiger partial charge is 0.408 e. The molecule has 0 saturated carbocycles. The third-order valence-electron chi connectivity index (χ3n) is 2.53. The summed E-state index contributed by atoms with van der Waals surface area (Å²) in [5.41, 5.74) is -0.522. The van der Waals surface area contributed by atoms with Gasteiger partial charge in [0.1, 0.15) is 5.60 Å². The topological polar surface area (TPSA) is 75.6 Å². The fourth-order valence-electron chi connectivity index (χ4n) is 1.74. The van der Waals surface area contributed by atoms with Crippen LogP contribution in [0, 0.1) is 5.92 Å². The minimum absolute atomic E-state index is 0.117. The molecule has 1 amide bonds. The standard InChI is InChI=1S/C12H18FNO4/c1-12(2,3)18-11(17)14-9-5-7(10(15)16)4-8(9)6-13/h5,8-9H,4,6H2,1-3H3,(H,14,17)(H,15,16)/t8-,9-/m0/s1. The molecule has 0 heterocycles. The van der Waals surface area contributed by atoms with E-state index in [1.54, 1.807) is 20.8 Å². The molecular weight excluding hydrogens is 241 g/mol. The van der Waals surface area contributed by atoms with Gasteiger partial charge in [0.15, 0.2) is 0 Å². The molecule has 6 heteroatoms. The van der Waals surface area contributed by atoms with Crippen LogP contribution >= 0.6 is 0 Å². The lowest BCUT2D eigenvalue weighted by Crippen LogP contribution is -2.41. The Kier molecular flexibility index (Phi) is 4.32. The maximum absolute atomic E-state index is 12.8. The van der Waals surface area contributed by atoms with Crippen LogP contribution in [0.15, 0.2) is 11.6 Å². The number of alkyl halides is 1. The molecule has 1 rings (SSSR count). The molecule has 0 saturated heterocycles. The van der Waals surface area contributed by atoms with Crippen molar-refractivity contribution in [1.82, 2.24) is 5.32 Å². The summed E-state index contributed by atoms with van der Waals surface area (Å²) in [6.07, 6.45) is 0.817. The van der Waals surface area contributed by atoms with E-state index in [9.17, 15) is 14.0 Å². The number of alkyl carbamates (subject to hydrolysis) is 1. The summed E-state index contributed by atoms with van der Waals surface area (Å²) in [4.78, 5) is 22.3. The van der Waals surface area contributed by atoms with Crippen LogP contribution in [0.5, 0.6) is 0 Å². The first kappa shape index (κ1) is 14.5. The molecule has 0 aliphatic heterocycles. The Morgan fingerprint density at radius 2 is 2.17 bits per heavy atom. The molecule has 2 N–H and O–H groups in total. The van der Waals surface area contributed by atoms with Gasteiger partial charge in [-0.05, 0) is 27.2 Å². The molecule has 0 radical (unpaired) electrons. The Bertz CT molecular complexity index is 373. The molecule has 1 aliphatic carbocycles. The highest BCUT2D eigenvalue weighted by Crippen LogP contribution is 2.26. The number of aliphatic carboxylic acids is 1. The van der Waals surface area contributed by atoms with E-state index >= 15 is 0 Å². The van der Waals surface area contributed by atoms with Gasteiger partial charge in [-0.2, -0.15) is 0 Å². The Labute approximate surface area is 105 Å². The first-order valence-corrected chi connectivity index (χ1v) is 5.72. The number of carboxylic acids is 1. The zero-order chi connectivity index (χ0) is 13.9. The monoisotopic (exact) mass is 259 g/mol. The summed E-state index contributed by atoms with van der Waals surface area (Å²) in [5, 5.41) is 11.3. The predicted octanol–water partition coefficient (Wildman–Crippen LogP) is 1.88. The molecule has 0 aromatic heterocycles. The van der Waals surface area contributed by atoms with Crippen molar-refractivity contribution in [2.75, 3.05) is 6.67 Å². The van der Waals surface area contributed by atoms with Crippen molar-refractivity contribution in [3.05, 3.63) is 11.6 Å². The van der Waals surface area contributed by atoms with E-state index in [4.69, 9.17) is 9.84 Å². The highest BCUT2D eigenvalue weighted by molar-refractivity contribution is 5.87. The summed E-state index contributed by atoms with van der Waals surface area (Å²) >= 11 is 0. The lowest BCUT2D eigenvalue weighted by Gasteiger charge is -2.23. The molecule has 0 bridgehead atoms. The van der Waals surface area contributed by atoms with E-state index in [-0.39, 0.29) is 12.0 Å². The van der Waals surface area contributed by atoms with Gasteiger partial charge in [-0.25, -0.2) is 9.59 Å². The first-order chi connectivity index (χ1) is 8.23. The normalized spacial score (nSPS) is 23.4. The highest BCUT2D eigenvalue weighted by Gasteiger charge is 2.32. The van der Waals surface area contributed by atoms with Crippen LogP contribution in [0.4, 0.5) is 9.18 Å². The van der Waals surface area contributed by atoms with Gasteiger partial charge in [0.05, 0.1) is 12.7 Å². The molecule has 0 aromatic carbocycles. The van der Waals surface area contributed by atoms with E-state index in [0.717, 1.165) is 0 Å². The van der Waals surface area contributed by atoms with Crippen LogP contribution in [0.1, 0.15) is 27.2 Å². The summed E-state index contributed by atoms with van der Waals surface area (Å²) in [6, 6.07) is -0.629. The number of carbonyl (C=O) groups is 2. The van der Waals surface area contributed by atoms with E-state index in [2.05, 4.69) is 5.32 Å². The predicted molar refractivity (Wildman–Crippen MR) is 63.0 cm³/mol. The Hall–Kier alpha value is -1.59. The SMILES string of the molecule is CC(C)(C)OC(=O)N[C@H]1C=C(C(=O)O)C[C@H]1CF. The summed E-state index contributed by atoms with van der Waals surface area (Å²) < 4.78 is 17.8. The van der Waals surface area contributed by atoms with Gasteiger partial charge >= 0.3 is 12.1 Å². The summed E-state index contributed by atoms with van der Waals surface area (Å²) in [6.45, 7) is 4.46. The zero-order valence-electron chi connectivity index (χ0n) is 10.7. The van der Waals surface area contributed by atoms with E-state index in [1.165, 1.54) is 6.08 Å². The van der Waals surface area contributed by atoms with Crippen molar-refractivity contribution < 1.29 is 23.8 Å². The van der Waals surface area contributed by atoms with Crippen molar-refractivity contribution in [2.45, 2.75) is 38.8 Å². The quantitative estimate of drug-likeness (QED) is 0.811. The van der Waals surface area contributed by atoms with Gasteiger partial charge in [-0.1, -0.05) is 6.08 Å². The number of carboxylic acid groups (broad SMARTS) is 1. The van der Waals surface area contributed by atoms with Crippen LogP contribution in [0.25, 0.3) is 0 Å². The number of ether oxygens (including phenoxy) is 1. The minimum atomic E-state index is -1.08. The fourth-order valence-corrected chi connectivity index (χ4v) is 1.74. The maximum atomic E-state index is 12.8. The second kappa shape index (κ2) is 5.37. The Morgan fingerprint density at radius 1 is 1.56 bits per heavy atom. The average molecular weight is 259 g/mol. The van der Waals surface area contributed by atoms with Crippen molar-refractivity contribution in [3.63, 3.8) is 0 Å². The molecule has 102 valence electrons. The Morgan fingerprint density at radius 3 is 2.61 bits per heavy atom. The van der Waals surface area contributed by atoms with Crippen molar-refractivity contribution in [1.29, 1.82) is 0 Å². The second-order valence-electron chi connectivity index (χ2n) is 5.29. The van der Waals surface area contributed by atoms with Gasteiger partial charge in [0.25, 0.3) is 0 Å². The molecule has 2 atom stereocenters. The van der Waals surface area contributed by atoms with Gasteiger partial charge in [0.2, 0.25) is 0 Å². The van der Waals surface area contributed by atoms with Crippen molar-refractivity contribution >= 4 is 12.1 Å². The van der Waals surface area contributed by atoms with Crippen LogP contribution in [0.2, 0.25) is 0 Å². The van der Waals surface area contributed by atoms with Gasteiger partial charge in [-0.3, -0.25) is 4.39 Å². The number of nitrogens with one attached hydrogen (secondary N) is 1. The third kappa shape index (κ3) is 4.01. The van der Waals surface area contributed by atoms with Crippen molar-refractivity contribution in [3.8, 4) is 0 Å². The number of rotatable bonds is 3. The molecule has 0 unspecified atom stereocenters. The number of carbonyl (C=O) groups excluding carboxylic acids is 1. The zero-order valence-corrected chi connectivity index (χ0v) is 10.7. The molecule has 0 spiro atoms. The molecule has 18 heavy (non-hydrogen) atoms. The lowest BCUT2D eigenvalue weighted by molar-refractivity contribution is -0.132. The molecule has 1 aliphatic rings. The average Bonchev–Trinajstić information content (AvgIpc) is 2.57. The number of hydrogen-bond acceptors (Lipinski definition) is 3. The lowest BCUT2D eigenvalue weighted by atomic mass is 10.0. The van der Waals surface area contributed by atoms with Crippen LogP contribution in [0.3, 0.4) is 0 Å². The highest BCUT2D eigenvalue weighted by atomic mass is 19.1. The van der Waals surface area contributed by atoms with Gasteiger partial charge < -0.3 is 15.2 Å². The number of hydrogen-bond donors (Lipinski definition) is 2. The molecule has 0 aromatic rings. The van der Waals surface area contributed by atoms with Crippen LogP contribution in [-0.2, 0) is 9.53 Å². The van der Waals surface area contributed by atoms with Crippen LogP contribution in [-0.4, -0.2) is 35.5 Å². The first-order valence-electron chi connectivity index (χ1n) is 5.72. The largest absolute Gasteiger partial charge is 0.478 e. The molecule has 5 nitrogen and oxygen atoms in total. The maximum Gasteiger partial charge on any atom is 0.408 e.